The van der Waals surface area contributed by atoms with Crippen LogP contribution >= 0.6 is 0 Å². The highest BCUT2D eigenvalue weighted by Crippen LogP contribution is 2.24. The fourth-order valence-electron chi connectivity index (χ4n) is 4.24. The molecule has 2 aromatic rings. The molecular formula is C26H38N4O3S. The van der Waals surface area contributed by atoms with Gasteiger partial charge in [-0.05, 0) is 48.1 Å². The Morgan fingerprint density at radius 3 is 2.47 bits per heavy atom. The van der Waals surface area contributed by atoms with Crippen molar-refractivity contribution in [3.05, 3.63) is 58.7 Å². The van der Waals surface area contributed by atoms with Crippen LogP contribution < -0.4 is 5.69 Å². The molecule has 3 heterocycles. The van der Waals surface area contributed by atoms with Crippen LogP contribution in [0.1, 0.15) is 46.7 Å². The third kappa shape index (κ3) is 5.96. The third-order valence-electron chi connectivity index (χ3n) is 6.24. The molecule has 0 aromatic carbocycles. The van der Waals surface area contributed by atoms with E-state index in [0.29, 0.717) is 31.0 Å². The minimum absolute atomic E-state index is 0.0342. The normalized spacial score (nSPS) is 18.6. The van der Waals surface area contributed by atoms with Gasteiger partial charge in [0.1, 0.15) is 0 Å². The number of imidazole rings is 1. The summed E-state index contributed by atoms with van der Waals surface area (Å²) in [7, 11) is -1.18. The molecule has 0 spiro atoms. The van der Waals surface area contributed by atoms with Crippen LogP contribution in [0.15, 0.2) is 47.3 Å². The summed E-state index contributed by atoms with van der Waals surface area (Å²) >= 11 is 0. The third-order valence-corrected chi connectivity index (χ3v) is 7.85. The van der Waals surface area contributed by atoms with Crippen molar-refractivity contribution in [1.82, 2.24) is 19.0 Å². The van der Waals surface area contributed by atoms with E-state index in [-0.39, 0.29) is 28.7 Å². The number of nitrogens with zero attached hydrogens (tertiary/aromatic N) is 4. The zero-order valence-electron chi connectivity index (χ0n) is 21.3. The lowest BCUT2D eigenvalue weighted by Gasteiger charge is -2.33. The molecule has 0 radical (unpaired) electrons. The lowest BCUT2D eigenvalue weighted by Crippen LogP contribution is -2.45. The van der Waals surface area contributed by atoms with E-state index in [9.17, 15) is 13.2 Å². The van der Waals surface area contributed by atoms with Crippen LogP contribution in [0.5, 0.6) is 0 Å². The second kappa shape index (κ2) is 10.0. The standard InChI is InChI=1S/C26H38N4O3S/c1-8-9-10-21(20(3)29-13-15-34(32,33)16-14-29)17-19(2)22-11-12-23-24(27-22)28(7)25(31)30(23)18-26(4,5)6/h9-12,17,20H,2,8,13-16,18H2,1,3-7H3/b10-9-,21-17+. The molecule has 1 aliphatic heterocycles. The van der Waals surface area contributed by atoms with Crippen LogP contribution in [0, 0.1) is 5.41 Å². The zero-order chi connectivity index (χ0) is 25.3. The minimum atomic E-state index is -2.93. The van der Waals surface area contributed by atoms with Crippen LogP contribution in [-0.4, -0.2) is 58.1 Å². The molecule has 0 amide bonds. The van der Waals surface area contributed by atoms with Gasteiger partial charge < -0.3 is 0 Å². The van der Waals surface area contributed by atoms with E-state index < -0.39 is 9.84 Å². The monoisotopic (exact) mass is 486 g/mol. The van der Waals surface area contributed by atoms with Crippen molar-refractivity contribution in [1.29, 1.82) is 0 Å². The summed E-state index contributed by atoms with van der Waals surface area (Å²) in [6.07, 6.45) is 7.12. The van der Waals surface area contributed by atoms with Gasteiger partial charge in [-0.15, -0.1) is 0 Å². The maximum absolute atomic E-state index is 12.8. The molecule has 0 aliphatic carbocycles. The first-order valence-corrected chi connectivity index (χ1v) is 13.7. The second-order valence-corrected chi connectivity index (χ2v) is 12.7. The quantitative estimate of drug-likeness (QED) is 0.556. The Hall–Kier alpha value is -2.45. The molecule has 34 heavy (non-hydrogen) atoms. The smallest absolute Gasteiger partial charge is 0.295 e. The highest BCUT2D eigenvalue weighted by molar-refractivity contribution is 7.91. The van der Waals surface area contributed by atoms with Crippen molar-refractivity contribution in [3.63, 3.8) is 0 Å². The summed E-state index contributed by atoms with van der Waals surface area (Å²) in [6.45, 7) is 16.4. The lowest BCUT2D eigenvalue weighted by atomic mass is 9.97. The van der Waals surface area contributed by atoms with Crippen molar-refractivity contribution < 1.29 is 8.42 Å². The largest absolute Gasteiger partial charge is 0.330 e. The topological polar surface area (TPSA) is 77.2 Å². The molecule has 0 saturated carbocycles. The minimum Gasteiger partial charge on any atom is -0.295 e. The second-order valence-electron chi connectivity index (χ2n) is 10.4. The first kappa shape index (κ1) is 26.2. The lowest BCUT2D eigenvalue weighted by molar-refractivity contribution is 0.255. The molecule has 8 heteroatoms. The van der Waals surface area contributed by atoms with E-state index in [1.54, 1.807) is 16.2 Å². The van der Waals surface area contributed by atoms with Gasteiger partial charge in [-0.2, -0.15) is 0 Å². The van der Waals surface area contributed by atoms with Crippen LogP contribution in [0.3, 0.4) is 0 Å². The first-order chi connectivity index (χ1) is 15.8. The number of hydrogen-bond donors (Lipinski definition) is 0. The van der Waals surface area contributed by atoms with E-state index in [0.717, 1.165) is 23.1 Å². The summed E-state index contributed by atoms with van der Waals surface area (Å²) in [6, 6.07) is 3.92. The fraction of sp³-hybridized carbons (Fsp3) is 0.538. The van der Waals surface area contributed by atoms with Crippen LogP contribution in [-0.2, 0) is 23.4 Å². The molecule has 1 saturated heterocycles. The Labute approximate surface area is 203 Å². The molecule has 186 valence electrons. The van der Waals surface area contributed by atoms with Crippen LogP contribution in [0.25, 0.3) is 16.7 Å². The predicted molar refractivity (Wildman–Crippen MR) is 141 cm³/mol. The van der Waals surface area contributed by atoms with E-state index in [1.807, 2.05) is 18.2 Å². The van der Waals surface area contributed by atoms with E-state index >= 15 is 0 Å². The summed E-state index contributed by atoms with van der Waals surface area (Å²) in [4.78, 5) is 19.8. The maximum Gasteiger partial charge on any atom is 0.330 e. The summed E-state index contributed by atoms with van der Waals surface area (Å²) in [5.74, 6) is 0.391. The maximum atomic E-state index is 12.8. The average Bonchev–Trinajstić information content (AvgIpc) is 2.99. The summed E-state index contributed by atoms with van der Waals surface area (Å²) < 4.78 is 27.1. The first-order valence-electron chi connectivity index (χ1n) is 11.9. The molecule has 2 aromatic heterocycles. The van der Waals surface area contributed by atoms with Gasteiger partial charge in [0.15, 0.2) is 15.5 Å². The van der Waals surface area contributed by atoms with Crippen molar-refractivity contribution in [2.45, 2.75) is 53.6 Å². The molecule has 7 nitrogen and oxygen atoms in total. The van der Waals surface area contributed by atoms with Crippen molar-refractivity contribution >= 4 is 26.6 Å². The molecule has 1 aliphatic rings. The van der Waals surface area contributed by atoms with E-state index in [2.05, 4.69) is 58.2 Å². The van der Waals surface area contributed by atoms with Gasteiger partial charge in [0.25, 0.3) is 0 Å². The van der Waals surface area contributed by atoms with Gasteiger partial charge >= 0.3 is 5.69 Å². The Bertz CT molecular complexity index is 1280. The number of allylic oxidation sites excluding steroid dienone is 3. The van der Waals surface area contributed by atoms with Crippen molar-refractivity contribution in [2.24, 2.45) is 12.5 Å². The molecule has 0 N–H and O–H groups in total. The van der Waals surface area contributed by atoms with E-state index in [1.165, 1.54) is 0 Å². The number of hydrogen-bond acceptors (Lipinski definition) is 5. The Kier molecular flexibility index (Phi) is 7.72. The summed E-state index contributed by atoms with van der Waals surface area (Å²) in [5, 5.41) is 0. The molecule has 1 atom stereocenters. The van der Waals surface area contributed by atoms with Crippen LogP contribution in [0.4, 0.5) is 0 Å². The molecular weight excluding hydrogens is 448 g/mol. The molecule has 1 fully saturated rings. The van der Waals surface area contributed by atoms with Gasteiger partial charge in [-0.3, -0.25) is 14.0 Å². The van der Waals surface area contributed by atoms with Crippen LogP contribution in [0.2, 0.25) is 0 Å². The molecule has 3 rings (SSSR count). The van der Waals surface area contributed by atoms with Crippen molar-refractivity contribution in [3.8, 4) is 0 Å². The highest BCUT2D eigenvalue weighted by Gasteiger charge is 2.26. The zero-order valence-corrected chi connectivity index (χ0v) is 22.2. The summed E-state index contributed by atoms with van der Waals surface area (Å²) in [5.41, 5.74) is 3.88. The Morgan fingerprint density at radius 1 is 1.24 bits per heavy atom. The number of sulfone groups is 1. The van der Waals surface area contributed by atoms with E-state index in [4.69, 9.17) is 4.98 Å². The molecule has 0 bridgehead atoms. The molecule has 1 unspecified atom stereocenters. The SMILES string of the molecule is C=C(/C=C(\C=C/CC)C(C)N1CCS(=O)(=O)CC1)c1ccc2c(n1)n(C)c(=O)n2CC(C)(C)C. The Balaban J connectivity index is 1.94. The number of aromatic nitrogens is 3. The predicted octanol–water partition coefficient (Wildman–Crippen LogP) is 3.81. The van der Waals surface area contributed by atoms with Gasteiger partial charge in [0.2, 0.25) is 0 Å². The number of fused-ring (bicyclic) bond motifs is 1. The number of aryl methyl sites for hydroxylation is 1. The fourth-order valence-corrected chi connectivity index (χ4v) is 5.47. The highest BCUT2D eigenvalue weighted by atomic mass is 32.2. The number of rotatable bonds is 7. The van der Waals surface area contributed by atoms with Gasteiger partial charge in [-0.1, -0.05) is 46.4 Å². The average molecular weight is 487 g/mol. The van der Waals surface area contributed by atoms with Gasteiger partial charge in [0.05, 0.1) is 22.7 Å². The Morgan fingerprint density at radius 2 is 1.88 bits per heavy atom. The van der Waals surface area contributed by atoms with Crippen molar-refractivity contribution in [2.75, 3.05) is 24.6 Å². The van der Waals surface area contributed by atoms with Gasteiger partial charge in [0, 0.05) is 32.7 Å². The van der Waals surface area contributed by atoms with Gasteiger partial charge in [-0.25, -0.2) is 18.2 Å². The number of pyridine rings is 1.